The van der Waals surface area contributed by atoms with Crippen LogP contribution in [0.1, 0.15) is 37.8 Å². The molecule has 1 saturated carbocycles. The molecular weight excluding hydrogens is 450 g/mol. The number of carbonyl (C=O) groups excluding carboxylic acids is 1. The van der Waals surface area contributed by atoms with Crippen molar-refractivity contribution in [1.29, 1.82) is 0 Å². The Bertz CT molecular complexity index is 1350. The van der Waals surface area contributed by atoms with E-state index in [1.807, 2.05) is 47.1 Å². The normalized spacial score (nSPS) is 19.9. The molecule has 36 heavy (non-hydrogen) atoms. The van der Waals surface area contributed by atoms with E-state index in [0.29, 0.717) is 28.8 Å². The van der Waals surface area contributed by atoms with Gasteiger partial charge in [-0.1, -0.05) is 48.6 Å². The van der Waals surface area contributed by atoms with Crippen molar-refractivity contribution >= 4 is 11.7 Å². The third-order valence-electron chi connectivity index (χ3n) is 7.02. The molecule has 1 aromatic carbocycles. The Labute approximate surface area is 210 Å². The molecule has 0 radical (unpaired) electrons. The fourth-order valence-corrected chi connectivity index (χ4v) is 4.78. The number of amides is 1. The summed E-state index contributed by atoms with van der Waals surface area (Å²) in [6, 6.07) is 16.0. The molecule has 2 aliphatic carbocycles. The first-order valence-electron chi connectivity index (χ1n) is 12.5. The summed E-state index contributed by atoms with van der Waals surface area (Å²) in [7, 11) is 0. The maximum Gasteiger partial charge on any atom is 0.256 e. The van der Waals surface area contributed by atoms with Crippen LogP contribution < -0.4 is 10.6 Å². The van der Waals surface area contributed by atoms with Gasteiger partial charge in [-0.05, 0) is 50.0 Å². The van der Waals surface area contributed by atoms with E-state index in [9.17, 15) is 4.79 Å². The molecule has 6 rings (SSSR count). The Kier molecular flexibility index (Phi) is 5.85. The topological polar surface area (TPSA) is 88.0 Å². The van der Waals surface area contributed by atoms with E-state index in [-0.39, 0.29) is 18.0 Å². The van der Waals surface area contributed by atoms with Gasteiger partial charge in [-0.3, -0.25) is 4.79 Å². The monoisotopic (exact) mass is 479 g/mol. The Balaban J connectivity index is 1.18. The lowest BCUT2D eigenvalue weighted by Gasteiger charge is -2.26. The van der Waals surface area contributed by atoms with Crippen molar-refractivity contribution in [3.05, 3.63) is 96.1 Å². The van der Waals surface area contributed by atoms with Crippen LogP contribution in [-0.2, 0) is 4.79 Å². The molecule has 1 amide bonds. The highest BCUT2D eigenvalue weighted by Crippen LogP contribution is 2.37. The largest absolute Gasteiger partial charge is 0.370 e. The van der Waals surface area contributed by atoms with Crippen molar-refractivity contribution in [2.45, 2.75) is 38.3 Å². The van der Waals surface area contributed by atoms with Gasteiger partial charge in [0.25, 0.3) is 5.91 Å². The molecule has 1 fully saturated rings. The van der Waals surface area contributed by atoms with Crippen LogP contribution in [0.4, 0.5) is 5.82 Å². The molecule has 2 aromatic heterocycles. The number of aromatic nitrogens is 4. The number of allylic oxidation sites excluding steroid dienone is 1. The Hall–Kier alpha value is -4.20. The number of rotatable bonds is 7. The fourth-order valence-electron chi connectivity index (χ4n) is 4.78. The smallest absolute Gasteiger partial charge is 0.256 e. The third-order valence-corrected chi connectivity index (χ3v) is 7.02. The molecule has 8 heteroatoms. The van der Waals surface area contributed by atoms with Crippen molar-refractivity contribution in [2.75, 3.05) is 12.0 Å². The molecular formula is C28H29N7O. The van der Waals surface area contributed by atoms with Gasteiger partial charge in [0, 0.05) is 23.4 Å². The van der Waals surface area contributed by atoms with Crippen LogP contribution in [0.25, 0.3) is 11.5 Å². The van der Waals surface area contributed by atoms with Crippen LogP contribution in [0.2, 0.25) is 0 Å². The maximum absolute atomic E-state index is 13.1. The summed E-state index contributed by atoms with van der Waals surface area (Å²) in [4.78, 5) is 20.1. The predicted octanol–water partition coefficient (Wildman–Crippen LogP) is 4.26. The highest BCUT2D eigenvalue weighted by molar-refractivity contribution is 6.05. The number of anilines is 1. The molecule has 2 atom stereocenters. The van der Waals surface area contributed by atoms with Gasteiger partial charge >= 0.3 is 0 Å². The molecule has 1 unspecified atom stereocenters. The molecule has 3 heterocycles. The number of benzene rings is 1. The minimum atomic E-state index is -0.168. The van der Waals surface area contributed by atoms with E-state index in [4.69, 9.17) is 0 Å². The predicted molar refractivity (Wildman–Crippen MR) is 138 cm³/mol. The van der Waals surface area contributed by atoms with E-state index in [0.717, 1.165) is 18.7 Å². The van der Waals surface area contributed by atoms with E-state index in [2.05, 4.69) is 62.0 Å². The Morgan fingerprint density at radius 1 is 1.14 bits per heavy atom. The molecule has 3 aromatic rings. The molecule has 0 bridgehead atoms. The van der Waals surface area contributed by atoms with Crippen LogP contribution in [0.5, 0.6) is 0 Å². The Morgan fingerprint density at radius 2 is 2.00 bits per heavy atom. The van der Waals surface area contributed by atoms with E-state index in [1.54, 1.807) is 12.4 Å². The number of pyridine rings is 1. The molecule has 0 spiro atoms. The fraction of sp³-hybridized carbons (Fsp3) is 0.286. The molecule has 3 aliphatic rings. The van der Waals surface area contributed by atoms with Gasteiger partial charge in [-0.25, -0.2) is 4.98 Å². The average molecular weight is 480 g/mol. The van der Waals surface area contributed by atoms with Crippen LogP contribution in [0.15, 0.2) is 90.6 Å². The van der Waals surface area contributed by atoms with Crippen LogP contribution in [-0.4, -0.2) is 43.3 Å². The summed E-state index contributed by atoms with van der Waals surface area (Å²) in [5.74, 6) is 1.66. The van der Waals surface area contributed by atoms with Crippen LogP contribution in [0.3, 0.4) is 0 Å². The minimum Gasteiger partial charge on any atom is -0.370 e. The average Bonchev–Trinajstić information content (AvgIpc) is 3.44. The quantitative estimate of drug-likeness (QED) is 0.527. The maximum atomic E-state index is 13.1. The minimum absolute atomic E-state index is 0.0419. The Morgan fingerprint density at radius 3 is 2.83 bits per heavy atom. The van der Waals surface area contributed by atoms with E-state index >= 15 is 0 Å². The standard InChI is InChI=1S/C28H29N7O/c1-19(20-7-3-2-4-8-20)35-18-30-33-27(35)24-11-6-12-26(31-24)32-28(36)22-9-5-10-23(15-22)34-16-25(29-17-34)21-13-14-21/h2-9,11-12,15-16,18-19,21,23,29H,10,13-14,17H2,1H3,(H,31,32,36)/t19-,23?/m1/s1. The van der Waals surface area contributed by atoms with Gasteiger partial charge in [-0.15, -0.1) is 10.2 Å². The van der Waals surface area contributed by atoms with Gasteiger partial charge in [0.15, 0.2) is 5.82 Å². The first kappa shape index (κ1) is 22.3. The van der Waals surface area contributed by atoms with Crippen molar-refractivity contribution in [1.82, 2.24) is 30.0 Å². The summed E-state index contributed by atoms with van der Waals surface area (Å²) in [5.41, 5.74) is 3.79. The van der Waals surface area contributed by atoms with Crippen molar-refractivity contribution < 1.29 is 4.79 Å². The summed E-state index contributed by atoms with van der Waals surface area (Å²) >= 11 is 0. The molecule has 1 aliphatic heterocycles. The van der Waals surface area contributed by atoms with Gasteiger partial charge < -0.3 is 20.1 Å². The molecule has 2 N–H and O–H groups in total. The summed E-state index contributed by atoms with van der Waals surface area (Å²) in [6.07, 6.45) is 13.4. The van der Waals surface area contributed by atoms with Crippen LogP contribution in [0, 0.1) is 5.92 Å². The number of carbonyl (C=O) groups is 1. The zero-order chi connectivity index (χ0) is 24.5. The van der Waals surface area contributed by atoms with E-state index in [1.165, 1.54) is 18.5 Å². The summed E-state index contributed by atoms with van der Waals surface area (Å²) in [6.45, 7) is 2.90. The second-order valence-corrected chi connectivity index (χ2v) is 9.55. The van der Waals surface area contributed by atoms with Crippen molar-refractivity contribution in [2.24, 2.45) is 5.92 Å². The zero-order valence-corrected chi connectivity index (χ0v) is 20.2. The molecule has 8 nitrogen and oxygen atoms in total. The molecule has 182 valence electrons. The van der Waals surface area contributed by atoms with Crippen molar-refractivity contribution in [3.8, 4) is 11.5 Å². The van der Waals surface area contributed by atoms with Gasteiger partial charge in [0.1, 0.15) is 17.8 Å². The van der Waals surface area contributed by atoms with Crippen molar-refractivity contribution in [3.63, 3.8) is 0 Å². The third kappa shape index (κ3) is 4.54. The second kappa shape index (κ2) is 9.45. The highest BCUT2D eigenvalue weighted by atomic mass is 16.1. The first-order chi connectivity index (χ1) is 17.7. The summed E-state index contributed by atoms with van der Waals surface area (Å²) < 4.78 is 1.99. The number of nitrogens with one attached hydrogen (secondary N) is 2. The lowest BCUT2D eigenvalue weighted by Crippen LogP contribution is -2.32. The van der Waals surface area contributed by atoms with Gasteiger partial charge in [-0.2, -0.15) is 0 Å². The second-order valence-electron chi connectivity index (χ2n) is 9.55. The van der Waals surface area contributed by atoms with Crippen LogP contribution >= 0.6 is 0 Å². The SMILES string of the molecule is C[C@H](c1ccccc1)n1cnnc1-c1cccc(NC(=O)C2=CC(N3C=C(C4CC4)NC3)CC=C2)n1. The first-order valence-corrected chi connectivity index (χ1v) is 12.5. The lowest BCUT2D eigenvalue weighted by atomic mass is 10.0. The number of hydrogen-bond donors (Lipinski definition) is 2. The number of nitrogens with zero attached hydrogens (tertiary/aromatic N) is 5. The van der Waals surface area contributed by atoms with Gasteiger partial charge in [0.05, 0.1) is 18.8 Å². The number of hydrogen-bond acceptors (Lipinski definition) is 6. The molecule has 0 saturated heterocycles. The highest BCUT2D eigenvalue weighted by Gasteiger charge is 2.31. The summed E-state index contributed by atoms with van der Waals surface area (Å²) in [5, 5.41) is 14.9. The van der Waals surface area contributed by atoms with E-state index < -0.39 is 0 Å². The van der Waals surface area contributed by atoms with Gasteiger partial charge in [0.2, 0.25) is 0 Å². The zero-order valence-electron chi connectivity index (χ0n) is 20.2. The lowest BCUT2D eigenvalue weighted by molar-refractivity contribution is -0.112.